The number of carbonyl (C=O) groups is 2. The van der Waals surface area contributed by atoms with Gasteiger partial charge in [-0.15, -0.1) is 0 Å². The molecule has 6 heteroatoms. The van der Waals surface area contributed by atoms with Crippen LogP contribution in [0.5, 0.6) is 0 Å². The van der Waals surface area contributed by atoms with E-state index in [9.17, 15) is 9.59 Å². The molecular weight excluding hydrogens is 354 g/mol. The topological polar surface area (TPSA) is 83.4 Å². The summed E-state index contributed by atoms with van der Waals surface area (Å²) in [6.45, 7) is 4.42. The molecular formula is C22H23N3O3. The van der Waals surface area contributed by atoms with Crippen molar-refractivity contribution in [3.8, 4) is 0 Å². The first-order valence-corrected chi connectivity index (χ1v) is 9.03. The number of nitrogens with one attached hydrogen (secondary N) is 3. The van der Waals surface area contributed by atoms with Crippen molar-refractivity contribution in [2.45, 2.75) is 20.4 Å². The van der Waals surface area contributed by atoms with Gasteiger partial charge in [-0.25, -0.2) is 0 Å². The van der Waals surface area contributed by atoms with Crippen LogP contribution in [-0.2, 0) is 11.3 Å². The average Bonchev–Trinajstić information content (AvgIpc) is 3.21. The molecule has 1 aromatic heterocycles. The SMILES string of the molecule is Cc1ccc(C)c(NC(=O)CNc2ccc(C(=O)NCc3ccco3)cc2)c1. The zero-order valence-electron chi connectivity index (χ0n) is 15.9. The molecule has 0 aliphatic carbocycles. The highest BCUT2D eigenvalue weighted by atomic mass is 16.3. The number of aryl methyl sites for hydroxylation is 2. The van der Waals surface area contributed by atoms with E-state index in [0.717, 1.165) is 22.5 Å². The molecule has 28 heavy (non-hydrogen) atoms. The summed E-state index contributed by atoms with van der Waals surface area (Å²) in [5, 5.41) is 8.76. The Labute approximate surface area is 164 Å². The zero-order valence-corrected chi connectivity index (χ0v) is 15.9. The third-order valence-corrected chi connectivity index (χ3v) is 4.27. The van der Waals surface area contributed by atoms with Crippen LogP contribution in [0, 0.1) is 13.8 Å². The number of benzene rings is 2. The predicted molar refractivity (Wildman–Crippen MR) is 109 cm³/mol. The largest absolute Gasteiger partial charge is 0.467 e. The summed E-state index contributed by atoms with van der Waals surface area (Å²) in [6, 6.07) is 16.5. The second-order valence-corrected chi connectivity index (χ2v) is 6.56. The summed E-state index contributed by atoms with van der Waals surface area (Å²) in [7, 11) is 0. The molecule has 0 fully saturated rings. The molecule has 2 aromatic carbocycles. The Morgan fingerprint density at radius 1 is 1.00 bits per heavy atom. The molecule has 0 saturated heterocycles. The monoisotopic (exact) mass is 377 g/mol. The fraction of sp³-hybridized carbons (Fsp3) is 0.182. The van der Waals surface area contributed by atoms with Gasteiger partial charge in [0.25, 0.3) is 5.91 Å². The van der Waals surface area contributed by atoms with E-state index in [-0.39, 0.29) is 18.4 Å². The van der Waals surface area contributed by atoms with E-state index in [4.69, 9.17) is 4.42 Å². The van der Waals surface area contributed by atoms with Gasteiger partial charge in [0.2, 0.25) is 5.91 Å². The van der Waals surface area contributed by atoms with Gasteiger partial charge in [0, 0.05) is 16.9 Å². The van der Waals surface area contributed by atoms with Crippen LogP contribution in [0.4, 0.5) is 11.4 Å². The highest BCUT2D eigenvalue weighted by Crippen LogP contribution is 2.16. The molecule has 3 N–H and O–H groups in total. The van der Waals surface area contributed by atoms with Crippen LogP contribution < -0.4 is 16.0 Å². The molecule has 6 nitrogen and oxygen atoms in total. The van der Waals surface area contributed by atoms with Gasteiger partial charge >= 0.3 is 0 Å². The smallest absolute Gasteiger partial charge is 0.251 e. The van der Waals surface area contributed by atoms with Gasteiger partial charge in [-0.2, -0.15) is 0 Å². The fourth-order valence-corrected chi connectivity index (χ4v) is 2.67. The molecule has 0 aliphatic rings. The quantitative estimate of drug-likeness (QED) is 0.583. The summed E-state index contributed by atoms with van der Waals surface area (Å²) >= 11 is 0. The summed E-state index contributed by atoms with van der Waals surface area (Å²) in [4.78, 5) is 24.3. The maximum atomic E-state index is 12.2. The maximum absolute atomic E-state index is 12.2. The number of hydrogen-bond acceptors (Lipinski definition) is 4. The van der Waals surface area contributed by atoms with Crippen molar-refractivity contribution in [1.82, 2.24) is 5.32 Å². The lowest BCUT2D eigenvalue weighted by atomic mass is 10.1. The highest BCUT2D eigenvalue weighted by Gasteiger charge is 2.08. The van der Waals surface area contributed by atoms with Crippen LogP contribution in [0.3, 0.4) is 0 Å². The fourth-order valence-electron chi connectivity index (χ4n) is 2.67. The highest BCUT2D eigenvalue weighted by molar-refractivity contribution is 5.95. The average molecular weight is 377 g/mol. The summed E-state index contributed by atoms with van der Waals surface area (Å²) in [5.74, 6) is 0.381. The van der Waals surface area contributed by atoms with E-state index in [1.54, 1.807) is 42.7 Å². The Morgan fingerprint density at radius 3 is 2.50 bits per heavy atom. The molecule has 0 spiro atoms. The van der Waals surface area contributed by atoms with Crippen molar-refractivity contribution in [3.63, 3.8) is 0 Å². The van der Waals surface area contributed by atoms with Crippen molar-refractivity contribution in [3.05, 3.63) is 83.3 Å². The Balaban J connectivity index is 1.49. The standard InChI is InChI=1S/C22H23N3O3/c1-15-5-6-16(2)20(12-15)25-21(26)14-23-18-9-7-17(8-10-18)22(27)24-13-19-4-3-11-28-19/h3-12,23H,13-14H2,1-2H3,(H,24,27)(H,25,26). The molecule has 0 radical (unpaired) electrons. The van der Waals surface area contributed by atoms with Crippen molar-refractivity contribution >= 4 is 23.2 Å². The van der Waals surface area contributed by atoms with Crippen LogP contribution in [0.2, 0.25) is 0 Å². The van der Waals surface area contributed by atoms with Gasteiger partial charge < -0.3 is 20.4 Å². The molecule has 1 heterocycles. The van der Waals surface area contributed by atoms with Gasteiger partial charge in [0.05, 0.1) is 19.4 Å². The molecule has 0 atom stereocenters. The molecule has 0 aliphatic heterocycles. The molecule has 0 saturated carbocycles. The van der Waals surface area contributed by atoms with E-state index in [2.05, 4.69) is 16.0 Å². The van der Waals surface area contributed by atoms with Crippen LogP contribution in [0.15, 0.2) is 65.3 Å². The Hall–Kier alpha value is -3.54. The number of amides is 2. The third-order valence-electron chi connectivity index (χ3n) is 4.27. The summed E-state index contributed by atoms with van der Waals surface area (Å²) < 4.78 is 5.19. The van der Waals surface area contributed by atoms with Crippen LogP contribution in [-0.4, -0.2) is 18.4 Å². The predicted octanol–water partition coefficient (Wildman–Crippen LogP) is 3.88. The minimum absolute atomic E-state index is 0.131. The van der Waals surface area contributed by atoms with Crippen molar-refractivity contribution in [1.29, 1.82) is 0 Å². The molecule has 2 amide bonds. The number of hydrogen-bond donors (Lipinski definition) is 3. The summed E-state index contributed by atoms with van der Waals surface area (Å²) in [5.41, 5.74) is 4.23. The maximum Gasteiger partial charge on any atom is 0.251 e. The zero-order chi connectivity index (χ0) is 19.9. The Bertz CT molecular complexity index is 948. The second kappa shape index (κ2) is 8.90. The van der Waals surface area contributed by atoms with Gasteiger partial charge in [-0.1, -0.05) is 12.1 Å². The van der Waals surface area contributed by atoms with Crippen molar-refractivity contribution < 1.29 is 14.0 Å². The van der Waals surface area contributed by atoms with E-state index in [1.165, 1.54) is 0 Å². The van der Waals surface area contributed by atoms with E-state index >= 15 is 0 Å². The number of rotatable bonds is 7. The lowest BCUT2D eigenvalue weighted by molar-refractivity contribution is -0.114. The first-order chi connectivity index (χ1) is 13.5. The van der Waals surface area contributed by atoms with Crippen molar-refractivity contribution in [2.75, 3.05) is 17.2 Å². The molecule has 0 bridgehead atoms. The molecule has 144 valence electrons. The molecule has 3 aromatic rings. The molecule has 0 unspecified atom stereocenters. The minimum Gasteiger partial charge on any atom is -0.467 e. The first kappa shape index (κ1) is 19.2. The lowest BCUT2D eigenvalue weighted by Gasteiger charge is -2.11. The van der Waals surface area contributed by atoms with E-state index < -0.39 is 0 Å². The molecule has 3 rings (SSSR count). The minimum atomic E-state index is -0.185. The van der Waals surface area contributed by atoms with Crippen LogP contribution in [0.25, 0.3) is 0 Å². The van der Waals surface area contributed by atoms with Crippen LogP contribution >= 0.6 is 0 Å². The van der Waals surface area contributed by atoms with Crippen LogP contribution in [0.1, 0.15) is 27.2 Å². The number of anilines is 2. The third kappa shape index (κ3) is 5.23. The van der Waals surface area contributed by atoms with E-state index in [1.807, 2.05) is 32.0 Å². The van der Waals surface area contributed by atoms with Crippen molar-refractivity contribution in [2.24, 2.45) is 0 Å². The van der Waals surface area contributed by atoms with Gasteiger partial charge in [0.1, 0.15) is 5.76 Å². The van der Waals surface area contributed by atoms with Gasteiger partial charge in [-0.05, 0) is 67.4 Å². The second-order valence-electron chi connectivity index (χ2n) is 6.56. The normalized spacial score (nSPS) is 10.4. The summed E-state index contributed by atoms with van der Waals surface area (Å²) in [6.07, 6.45) is 1.57. The van der Waals surface area contributed by atoms with E-state index in [0.29, 0.717) is 17.9 Å². The lowest BCUT2D eigenvalue weighted by Crippen LogP contribution is -2.23. The first-order valence-electron chi connectivity index (χ1n) is 9.03. The Morgan fingerprint density at radius 2 is 1.79 bits per heavy atom. The number of carbonyl (C=O) groups excluding carboxylic acids is 2. The van der Waals surface area contributed by atoms with Gasteiger partial charge in [0.15, 0.2) is 0 Å². The van der Waals surface area contributed by atoms with Gasteiger partial charge in [-0.3, -0.25) is 9.59 Å². The number of furan rings is 1. The Kier molecular flexibility index (Phi) is 6.11.